The van der Waals surface area contributed by atoms with Gasteiger partial charge in [-0.1, -0.05) is 0 Å². The van der Waals surface area contributed by atoms with Crippen molar-refractivity contribution in [2.45, 2.75) is 25.3 Å². The van der Waals surface area contributed by atoms with E-state index in [4.69, 9.17) is 15.6 Å². The van der Waals surface area contributed by atoms with Crippen molar-refractivity contribution >= 4 is 28.3 Å². The highest BCUT2D eigenvalue weighted by molar-refractivity contribution is 7.13. The van der Waals surface area contributed by atoms with Crippen molar-refractivity contribution in [3.63, 3.8) is 0 Å². The van der Waals surface area contributed by atoms with E-state index in [1.807, 2.05) is 0 Å². The molecule has 106 valence electrons. The number of nitrogens with two attached hydrogens (primary N) is 1. The van der Waals surface area contributed by atoms with Crippen LogP contribution in [0.15, 0.2) is 5.38 Å². The predicted molar refractivity (Wildman–Crippen MR) is 70.9 cm³/mol. The smallest absolute Gasteiger partial charge is 0.326 e. The zero-order valence-electron chi connectivity index (χ0n) is 10.6. The molecular weight excluding hydrogens is 270 g/mol. The molecule has 0 aliphatic rings. The largest absolute Gasteiger partial charge is 0.480 e. The Balaban J connectivity index is 2.44. The minimum Gasteiger partial charge on any atom is -0.480 e. The second-order valence-corrected chi connectivity index (χ2v) is 4.84. The molecule has 1 aromatic heterocycles. The number of aromatic nitrogens is 1. The first kappa shape index (κ1) is 15.4. The van der Waals surface area contributed by atoms with Gasteiger partial charge in [-0.2, -0.15) is 0 Å². The van der Waals surface area contributed by atoms with E-state index in [1.54, 1.807) is 12.5 Å². The second kappa shape index (κ2) is 7.70. The number of nitrogens with zero attached hydrogens (tertiary/aromatic N) is 1. The molecule has 0 radical (unpaired) electrons. The number of nitrogens with one attached hydrogen (secondary N) is 1. The Morgan fingerprint density at radius 1 is 1.63 bits per heavy atom. The van der Waals surface area contributed by atoms with Crippen LogP contribution in [0.3, 0.4) is 0 Å². The number of nitrogen functional groups attached to an aromatic ring is 1. The van der Waals surface area contributed by atoms with Gasteiger partial charge < -0.3 is 20.9 Å². The number of anilines is 1. The third-order valence-corrected chi connectivity index (χ3v) is 3.11. The first-order chi connectivity index (χ1) is 9.02. The molecule has 0 aromatic carbocycles. The first-order valence-electron chi connectivity index (χ1n) is 5.74. The lowest BCUT2D eigenvalue weighted by molar-refractivity contribution is -0.142. The number of carboxylic acids is 1. The van der Waals surface area contributed by atoms with Gasteiger partial charge in [0.1, 0.15) is 6.04 Å². The molecule has 0 saturated heterocycles. The van der Waals surface area contributed by atoms with Gasteiger partial charge in [0.05, 0.1) is 12.1 Å². The minimum atomic E-state index is -1.05. The maximum atomic E-state index is 11.7. The molecule has 1 aromatic rings. The number of thiazole rings is 1. The Morgan fingerprint density at radius 3 is 2.89 bits per heavy atom. The Morgan fingerprint density at radius 2 is 2.37 bits per heavy atom. The van der Waals surface area contributed by atoms with Gasteiger partial charge in [-0.05, 0) is 12.8 Å². The summed E-state index contributed by atoms with van der Waals surface area (Å²) < 4.78 is 4.85. The molecule has 19 heavy (non-hydrogen) atoms. The van der Waals surface area contributed by atoms with Crippen LogP contribution in [-0.4, -0.2) is 41.7 Å². The van der Waals surface area contributed by atoms with E-state index in [1.165, 1.54) is 11.3 Å². The number of amides is 1. The van der Waals surface area contributed by atoms with Gasteiger partial charge in [-0.15, -0.1) is 11.3 Å². The fourth-order valence-electron chi connectivity index (χ4n) is 1.50. The van der Waals surface area contributed by atoms with E-state index in [-0.39, 0.29) is 12.3 Å². The third-order valence-electron chi connectivity index (χ3n) is 2.39. The summed E-state index contributed by atoms with van der Waals surface area (Å²) in [6, 6.07) is -0.904. The molecule has 0 fully saturated rings. The molecule has 0 bridgehead atoms. The van der Waals surface area contributed by atoms with Gasteiger partial charge in [0.15, 0.2) is 5.13 Å². The van der Waals surface area contributed by atoms with Crippen LogP contribution in [-0.2, 0) is 20.7 Å². The summed E-state index contributed by atoms with van der Waals surface area (Å²) in [7, 11) is 1.54. The Labute approximate surface area is 114 Å². The van der Waals surface area contributed by atoms with Gasteiger partial charge in [-0.3, -0.25) is 4.79 Å². The predicted octanol–water partition coefficient (Wildman–Crippen LogP) is 0.264. The van der Waals surface area contributed by atoms with Gasteiger partial charge in [0, 0.05) is 19.1 Å². The number of methoxy groups -OCH3 is 1. The number of ether oxygens (including phenoxy) is 1. The van der Waals surface area contributed by atoms with E-state index in [2.05, 4.69) is 10.3 Å². The van der Waals surface area contributed by atoms with Crippen LogP contribution in [0, 0.1) is 0 Å². The summed E-state index contributed by atoms with van der Waals surface area (Å²) in [6.07, 6.45) is 0.924. The Hall–Kier alpha value is -1.67. The molecule has 0 aliphatic carbocycles. The van der Waals surface area contributed by atoms with Crippen molar-refractivity contribution in [1.29, 1.82) is 0 Å². The third kappa shape index (κ3) is 5.66. The molecule has 1 unspecified atom stereocenters. The van der Waals surface area contributed by atoms with E-state index in [9.17, 15) is 9.59 Å². The second-order valence-electron chi connectivity index (χ2n) is 3.95. The van der Waals surface area contributed by atoms with Crippen LogP contribution in [0.4, 0.5) is 5.13 Å². The number of hydrogen-bond acceptors (Lipinski definition) is 6. The average Bonchev–Trinajstić information content (AvgIpc) is 2.73. The first-order valence-corrected chi connectivity index (χ1v) is 6.62. The minimum absolute atomic E-state index is 0.0295. The topological polar surface area (TPSA) is 115 Å². The SMILES string of the molecule is COCCCC(NC(=O)Cc1csc(N)n1)C(=O)O. The van der Waals surface area contributed by atoms with E-state index < -0.39 is 12.0 Å². The summed E-state index contributed by atoms with van der Waals surface area (Å²) in [6.45, 7) is 0.461. The van der Waals surface area contributed by atoms with Crippen molar-refractivity contribution in [3.8, 4) is 0 Å². The molecule has 7 nitrogen and oxygen atoms in total. The lowest BCUT2D eigenvalue weighted by Gasteiger charge is -2.13. The zero-order valence-corrected chi connectivity index (χ0v) is 11.4. The standard InChI is InChI=1S/C11H17N3O4S/c1-18-4-2-3-8(10(16)17)14-9(15)5-7-6-19-11(12)13-7/h6,8H,2-5H2,1H3,(H2,12,13)(H,14,15)(H,16,17). The number of rotatable bonds is 8. The van der Waals surface area contributed by atoms with Crippen molar-refractivity contribution in [2.24, 2.45) is 0 Å². The van der Waals surface area contributed by atoms with E-state index in [0.29, 0.717) is 30.3 Å². The number of carbonyl (C=O) groups is 2. The number of hydrogen-bond donors (Lipinski definition) is 3. The van der Waals surface area contributed by atoms with E-state index in [0.717, 1.165) is 0 Å². The van der Waals surface area contributed by atoms with Crippen LogP contribution in [0.25, 0.3) is 0 Å². The normalized spacial score (nSPS) is 12.1. The van der Waals surface area contributed by atoms with Crippen LogP contribution in [0.1, 0.15) is 18.5 Å². The molecule has 0 aliphatic heterocycles. The monoisotopic (exact) mass is 287 g/mol. The van der Waals surface area contributed by atoms with Crippen LogP contribution < -0.4 is 11.1 Å². The zero-order chi connectivity index (χ0) is 14.3. The molecule has 1 rings (SSSR count). The van der Waals surface area contributed by atoms with Gasteiger partial charge in [-0.25, -0.2) is 9.78 Å². The molecular formula is C11H17N3O4S. The molecule has 8 heteroatoms. The number of carboxylic acid groups (broad SMARTS) is 1. The Kier molecular flexibility index (Phi) is 6.23. The average molecular weight is 287 g/mol. The molecule has 1 amide bonds. The molecule has 4 N–H and O–H groups in total. The number of carbonyl (C=O) groups excluding carboxylic acids is 1. The highest BCUT2D eigenvalue weighted by Crippen LogP contribution is 2.11. The fraction of sp³-hybridized carbons (Fsp3) is 0.545. The summed E-state index contributed by atoms with van der Waals surface area (Å²) >= 11 is 1.24. The van der Waals surface area contributed by atoms with Crippen molar-refractivity contribution < 1.29 is 19.4 Å². The van der Waals surface area contributed by atoms with Crippen LogP contribution in [0.2, 0.25) is 0 Å². The lowest BCUT2D eigenvalue weighted by atomic mass is 10.1. The Bertz CT molecular complexity index is 435. The number of aliphatic carboxylic acids is 1. The summed E-state index contributed by atoms with van der Waals surface area (Å²) in [4.78, 5) is 26.6. The van der Waals surface area contributed by atoms with Crippen molar-refractivity contribution in [1.82, 2.24) is 10.3 Å². The van der Waals surface area contributed by atoms with Gasteiger partial charge >= 0.3 is 5.97 Å². The maximum absolute atomic E-state index is 11.7. The van der Waals surface area contributed by atoms with Gasteiger partial charge in [0.2, 0.25) is 5.91 Å². The van der Waals surface area contributed by atoms with Crippen molar-refractivity contribution in [3.05, 3.63) is 11.1 Å². The highest BCUT2D eigenvalue weighted by atomic mass is 32.1. The molecule has 1 atom stereocenters. The summed E-state index contributed by atoms with van der Waals surface area (Å²) in [5.41, 5.74) is 6.00. The van der Waals surface area contributed by atoms with Crippen LogP contribution >= 0.6 is 11.3 Å². The summed E-state index contributed by atoms with van der Waals surface area (Å²) in [5, 5.41) is 13.5. The molecule has 0 saturated carbocycles. The van der Waals surface area contributed by atoms with Crippen LogP contribution in [0.5, 0.6) is 0 Å². The fourth-order valence-corrected chi connectivity index (χ4v) is 2.07. The van der Waals surface area contributed by atoms with E-state index >= 15 is 0 Å². The highest BCUT2D eigenvalue weighted by Gasteiger charge is 2.19. The lowest BCUT2D eigenvalue weighted by Crippen LogP contribution is -2.41. The molecule has 0 spiro atoms. The van der Waals surface area contributed by atoms with Gasteiger partial charge in [0.25, 0.3) is 0 Å². The maximum Gasteiger partial charge on any atom is 0.326 e. The summed E-state index contributed by atoms with van der Waals surface area (Å²) in [5.74, 6) is -1.43. The van der Waals surface area contributed by atoms with Crippen molar-refractivity contribution in [2.75, 3.05) is 19.5 Å². The molecule has 1 heterocycles. The quantitative estimate of drug-likeness (QED) is 0.591.